The van der Waals surface area contributed by atoms with Gasteiger partial charge in [-0.3, -0.25) is 4.79 Å². The minimum atomic E-state index is 0. The summed E-state index contributed by atoms with van der Waals surface area (Å²) in [7, 11) is 0. The van der Waals surface area contributed by atoms with Crippen molar-refractivity contribution < 1.29 is 37.5 Å². The van der Waals surface area contributed by atoms with Crippen LogP contribution < -0.4 is 0 Å². The Balaban J connectivity index is 0.00000147. The molecule has 0 saturated heterocycles. The molecule has 0 bridgehead atoms. The van der Waals surface area contributed by atoms with Gasteiger partial charge in [-0.15, -0.1) is 5.56 Å². The number of aromatic amines is 1. The molecule has 0 aliphatic heterocycles. The fraction of sp³-hybridized carbons (Fsp3) is 0.125. The molecule has 3 rings (SSSR count). The van der Waals surface area contributed by atoms with Gasteiger partial charge in [0.1, 0.15) is 5.65 Å². The van der Waals surface area contributed by atoms with Crippen molar-refractivity contribution in [2.24, 2.45) is 0 Å². The Labute approximate surface area is 142 Å². The Kier molecular flexibility index (Phi) is 4.84. The largest absolute Gasteiger partial charge is 0.345 e. The van der Waals surface area contributed by atoms with E-state index >= 15 is 0 Å². The normalized spacial score (nSPS) is 10.2. The van der Waals surface area contributed by atoms with Crippen LogP contribution in [-0.2, 0) is 39.1 Å². The van der Waals surface area contributed by atoms with Crippen molar-refractivity contribution in [2.45, 2.75) is 13.3 Å². The monoisotopic (exact) mass is 338 g/mol. The third-order valence-corrected chi connectivity index (χ3v) is 3.28. The van der Waals surface area contributed by atoms with Gasteiger partial charge in [-0.05, 0) is 18.6 Å². The molecule has 3 nitrogen and oxygen atoms in total. The number of Topliss-reactive ketones (excluding diaryl/α,β-unsaturated/α-hetero) is 1. The molecular weight excluding hydrogens is 325 g/mol. The molecule has 0 amide bonds. The summed E-state index contributed by atoms with van der Waals surface area (Å²) in [5.41, 5.74) is 3.49. The molecule has 2 aromatic heterocycles. The first-order valence-electron chi connectivity index (χ1n) is 6.17. The van der Waals surface area contributed by atoms with E-state index in [0.29, 0.717) is 12.0 Å². The van der Waals surface area contributed by atoms with Crippen LogP contribution in [-0.4, -0.2) is 15.8 Å². The molecule has 1 N–H and O–H groups in total. The van der Waals surface area contributed by atoms with Crippen molar-refractivity contribution in [1.82, 2.24) is 9.97 Å². The van der Waals surface area contributed by atoms with Crippen LogP contribution in [0.1, 0.15) is 21.5 Å². The molecule has 97 valence electrons. The molecule has 4 heteroatoms. The number of H-pyrrole nitrogens is 1. The number of rotatable bonds is 3. The van der Waals surface area contributed by atoms with Gasteiger partial charge in [0, 0.05) is 56.1 Å². The fourth-order valence-corrected chi connectivity index (χ4v) is 2.20. The Morgan fingerprint density at radius 1 is 1.35 bits per heavy atom. The maximum Gasteiger partial charge on any atom is 0.158 e. The molecule has 20 heavy (non-hydrogen) atoms. The molecule has 0 atom stereocenters. The van der Waals surface area contributed by atoms with Gasteiger partial charge in [-0.25, -0.2) is 4.98 Å². The van der Waals surface area contributed by atoms with Crippen LogP contribution in [0.4, 0.5) is 0 Å². The van der Waals surface area contributed by atoms with Crippen LogP contribution in [0.5, 0.6) is 0 Å². The third kappa shape index (κ3) is 2.89. The number of carbonyl (C=O) groups excluding carboxylic acids is 1. The number of fused-ring (bicyclic) bond motifs is 1. The number of ketones is 1. The van der Waals surface area contributed by atoms with Gasteiger partial charge in [-0.1, -0.05) is 6.92 Å². The number of aromatic nitrogens is 2. The maximum atomic E-state index is 12.4. The molecular formula is C16H13N2OY-. The summed E-state index contributed by atoms with van der Waals surface area (Å²) in [5, 5.41) is 0.880. The number of aryl methyl sites for hydroxylation is 1. The van der Waals surface area contributed by atoms with Crippen molar-refractivity contribution in [2.75, 3.05) is 0 Å². The smallest absolute Gasteiger partial charge is 0.158 e. The predicted octanol–water partition coefficient (Wildman–Crippen LogP) is 3.09. The first-order chi connectivity index (χ1) is 9.25. The summed E-state index contributed by atoms with van der Waals surface area (Å²) >= 11 is 0. The van der Waals surface area contributed by atoms with Crippen LogP contribution in [0.2, 0.25) is 0 Å². The van der Waals surface area contributed by atoms with E-state index in [4.69, 9.17) is 0 Å². The second-order valence-corrected chi connectivity index (χ2v) is 4.52. The zero-order chi connectivity index (χ0) is 13.2. The average Bonchev–Trinajstić information content (AvgIpc) is 2.85. The van der Waals surface area contributed by atoms with E-state index in [1.165, 1.54) is 0 Å². The standard InChI is InChI=1S/C16H13N2O.Y/c1-11-5-2-3-6-12(11)9-15(19)14-10-18-16-13(14)7-4-8-17-16;/h2-4,6-8,10H,9H2,1H3,(H,17,18);/q-1;. The summed E-state index contributed by atoms with van der Waals surface area (Å²) in [5.74, 6) is 0.0990. The van der Waals surface area contributed by atoms with E-state index in [9.17, 15) is 4.79 Å². The van der Waals surface area contributed by atoms with Gasteiger partial charge in [0.2, 0.25) is 0 Å². The molecule has 1 aromatic carbocycles. The first-order valence-corrected chi connectivity index (χ1v) is 6.17. The molecule has 3 aromatic rings. The quantitative estimate of drug-likeness (QED) is 0.589. The molecule has 0 spiro atoms. The van der Waals surface area contributed by atoms with Crippen molar-refractivity contribution in [3.8, 4) is 0 Å². The van der Waals surface area contributed by atoms with E-state index in [-0.39, 0.29) is 38.5 Å². The second kappa shape index (κ2) is 6.42. The van der Waals surface area contributed by atoms with Crippen molar-refractivity contribution in [1.29, 1.82) is 0 Å². The number of benzene rings is 1. The van der Waals surface area contributed by atoms with Gasteiger partial charge in [0.05, 0.1) is 0 Å². The maximum absolute atomic E-state index is 12.4. The summed E-state index contributed by atoms with van der Waals surface area (Å²) in [6.07, 6.45) is 3.84. The molecule has 0 unspecified atom stereocenters. The Bertz CT molecular complexity index is 749. The van der Waals surface area contributed by atoms with Gasteiger partial charge in [0.25, 0.3) is 0 Å². The van der Waals surface area contributed by atoms with Gasteiger partial charge < -0.3 is 4.98 Å². The number of nitrogens with one attached hydrogen (secondary N) is 1. The van der Waals surface area contributed by atoms with E-state index in [0.717, 1.165) is 22.2 Å². The summed E-state index contributed by atoms with van der Waals surface area (Å²) in [6, 6.07) is 12.6. The second-order valence-electron chi connectivity index (χ2n) is 4.52. The zero-order valence-corrected chi connectivity index (χ0v) is 14.0. The number of pyridine rings is 1. The third-order valence-electron chi connectivity index (χ3n) is 3.28. The minimum Gasteiger partial charge on any atom is -0.345 e. The predicted molar refractivity (Wildman–Crippen MR) is 74.1 cm³/mol. The van der Waals surface area contributed by atoms with Crippen LogP contribution in [0.3, 0.4) is 0 Å². The van der Waals surface area contributed by atoms with Crippen molar-refractivity contribution in [3.63, 3.8) is 0 Å². The first kappa shape index (κ1) is 15.1. The van der Waals surface area contributed by atoms with Gasteiger partial charge in [0.15, 0.2) is 5.78 Å². The molecule has 1 radical (unpaired) electrons. The SMILES string of the molecule is Cc1[c-]cccc1CC(=O)c1c[nH]c2ncccc12.[Y]. The Morgan fingerprint density at radius 3 is 3.00 bits per heavy atom. The van der Waals surface area contributed by atoms with E-state index in [1.807, 2.05) is 37.3 Å². The summed E-state index contributed by atoms with van der Waals surface area (Å²) in [4.78, 5) is 19.6. The molecule has 0 aliphatic carbocycles. The van der Waals surface area contributed by atoms with Crippen LogP contribution in [0.15, 0.2) is 42.7 Å². The molecule has 2 heterocycles. The molecule has 0 saturated carbocycles. The topological polar surface area (TPSA) is 45.8 Å². The van der Waals surface area contributed by atoms with Crippen LogP contribution in [0.25, 0.3) is 11.0 Å². The molecule has 0 fully saturated rings. The Hall–Kier alpha value is -1.32. The number of carbonyl (C=O) groups is 1. The number of hydrogen-bond donors (Lipinski definition) is 1. The van der Waals surface area contributed by atoms with Crippen LogP contribution >= 0.6 is 0 Å². The van der Waals surface area contributed by atoms with Gasteiger partial charge >= 0.3 is 0 Å². The van der Waals surface area contributed by atoms with E-state index in [1.54, 1.807) is 12.4 Å². The number of nitrogens with zero attached hydrogens (tertiary/aromatic N) is 1. The minimum absolute atomic E-state index is 0. The van der Waals surface area contributed by atoms with E-state index < -0.39 is 0 Å². The van der Waals surface area contributed by atoms with Crippen LogP contribution in [0, 0.1) is 13.0 Å². The summed E-state index contributed by atoms with van der Waals surface area (Å²) in [6.45, 7) is 1.97. The zero-order valence-electron chi connectivity index (χ0n) is 11.2. The van der Waals surface area contributed by atoms with Gasteiger partial charge in [-0.2, -0.15) is 29.8 Å². The summed E-state index contributed by atoms with van der Waals surface area (Å²) < 4.78 is 0. The number of hydrogen-bond acceptors (Lipinski definition) is 2. The molecule has 0 aliphatic rings. The Morgan fingerprint density at radius 2 is 2.20 bits per heavy atom. The van der Waals surface area contributed by atoms with E-state index in [2.05, 4.69) is 16.0 Å². The fourth-order valence-electron chi connectivity index (χ4n) is 2.20. The van der Waals surface area contributed by atoms with Crippen molar-refractivity contribution in [3.05, 3.63) is 65.5 Å². The average molecular weight is 338 g/mol. The van der Waals surface area contributed by atoms with Crippen molar-refractivity contribution >= 4 is 16.8 Å².